The van der Waals surface area contributed by atoms with Crippen LogP contribution >= 0.6 is 12.2 Å². The maximum atomic E-state index is 12.9. The Hall–Kier alpha value is -3.39. The lowest BCUT2D eigenvalue weighted by Gasteiger charge is -2.31. The number of carbonyl (C=O) groups is 3. The van der Waals surface area contributed by atoms with Gasteiger partial charge in [0.1, 0.15) is 0 Å². The molecule has 3 rings (SSSR count). The van der Waals surface area contributed by atoms with Crippen LogP contribution in [0.5, 0.6) is 0 Å². The summed E-state index contributed by atoms with van der Waals surface area (Å²) in [7, 11) is 0. The van der Waals surface area contributed by atoms with Crippen LogP contribution in [0, 0.1) is 19.8 Å². The van der Waals surface area contributed by atoms with Crippen molar-refractivity contribution in [3.63, 3.8) is 0 Å². The third-order valence-corrected chi connectivity index (χ3v) is 4.60. The number of hydrogen-bond acceptors (Lipinski definition) is 5. The molecular formula is C20H17N3O4S. The van der Waals surface area contributed by atoms with Crippen molar-refractivity contribution in [2.24, 2.45) is 10.9 Å². The van der Waals surface area contributed by atoms with Gasteiger partial charge < -0.3 is 10.4 Å². The first-order valence-corrected chi connectivity index (χ1v) is 8.82. The number of rotatable bonds is 4. The molecule has 0 radical (unpaired) electrons. The lowest BCUT2D eigenvalue weighted by Crippen LogP contribution is -2.58. The van der Waals surface area contributed by atoms with E-state index in [1.165, 1.54) is 23.2 Å². The minimum Gasteiger partial charge on any atom is -0.478 e. The average molecular weight is 395 g/mol. The number of benzene rings is 2. The van der Waals surface area contributed by atoms with E-state index >= 15 is 0 Å². The van der Waals surface area contributed by atoms with E-state index in [9.17, 15) is 14.4 Å². The van der Waals surface area contributed by atoms with E-state index in [0.717, 1.165) is 11.1 Å². The predicted octanol–water partition coefficient (Wildman–Crippen LogP) is 2.77. The highest BCUT2D eigenvalue weighted by atomic mass is 32.1. The van der Waals surface area contributed by atoms with Crippen LogP contribution in [0.15, 0.2) is 47.5 Å². The molecule has 1 heterocycles. The molecule has 7 nitrogen and oxygen atoms in total. The summed E-state index contributed by atoms with van der Waals surface area (Å²) >= 11 is 5.16. The van der Waals surface area contributed by atoms with Gasteiger partial charge in [-0.2, -0.15) is 0 Å². The molecule has 2 N–H and O–H groups in total. The molecule has 0 aliphatic carbocycles. The number of nitrogens with one attached hydrogen (secondary N) is 1. The molecule has 0 spiro atoms. The van der Waals surface area contributed by atoms with Gasteiger partial charge in [0.2, 0.25) is 5.91 Å². The first-order chi connectivity index (χ1) is 13.3. The number of aromatic carboxylic acids is 1. The summed E-state index contributed by atoms with van der Waals surface area (Å²) in [6.07, 6.45) is 1.22. The molecule has 2 amide bonds. The molecule has 2 aromatic carbocycles. The first kappa shape index (κ1) is 19.4. The van der Waals surface area contributed by atoms with Gasteiger partial charge in [0.05, 0.1) is 16.9 Å². The predicted molar refractivity (Wildman–Crippen MR) is 109 cm³/mol. The second-order valence-electron chi connectivity index (χ2n) is 6.37. The molecule has 1 saturated heterocycles. The highest BCUT2D eigenvalue weighted by Gasteiger charge is 2.38. The summed E-state index contributed by atoms with van der Waals surface area (Å²) < 4.78 is 0. The third-order valence-electron chi connectivity index (χ3n) is 4.31. The number of amides is 2. The zero-order valence-corrected chi connectivity index (χ0v) is 16.0. The minimum atomic E-state index is -1.18. The standard InChI is InChI=1S/C20H17N3O4S/c1-11-3-7-14(8-4-11)23-18(25)15(17(24)22-20(23)28)10-21-16-9-13(19(26)27)6-5-12(16)2/h3-10,15H,1-2H3,(H,26,27)(H,22,24,28)/t15-/m1/s1. The highest BCUT2D eigenvalue weighted by Crippen LogP contribution is 2.23. The van der Waals surface area contributed by atoms with Crippen molar-refractivity contribution in [2.75, 3.05) is 4.90 Å². The van der Waals surface area contributed by atoms with E-state index in [2.05, 4.69) is 10.3 Å². The van der Waals surface area contributed by atoms with Crippen molar-refractivity contribution in [3.05, 3.63) is 59.2 Å². The van der Waals surface area contributed by atoms with Crippen molar-refractivity contribution in [2.45, 2.75) is 13.8 Å². The van der Waals surface area contributed by atoms with Crippen LogP contribution in [0.2, 0.25) is 0 Å². The quantitative estimate of drug-likeness (QED) is 0.471. The summed E-state index contributed by atoms with van der Waals surface area (Å²) in [5, 5.41) is 11.6. The maximum Gasteiger partial charge on any atom is 0.335 e. The van der Waals surface area contributed by atoms with Gasteiger partial charge in [0.25, 0.3) is 5.91 Å². The van der Waals surface area contributed by atoms with Crippen molar-refractivity contribution in [1.29, 1.82) is 0 Å². The fraction of sp³-hybridized carbons (Fsp3) is 0.150. The summed E-state index contributed by atoms with van der Waals surface area (Å²) in [6.45, 7) is 3.68. The zero-order valence-electron chi connectivity index (χ0n) is 15.2. The molecule has 8 heteroatoms. The van der Waals surface area contributed by atoms with Gasteiger partial charge in [0.15, 0.2) is 11.0 Å². The van der Waals surface area contributed by atoms with E-state index in [4.69, 9.17) is 17.3 Å². The molecule has 0 aromatic heterocycles. The monoisotopic (exact) mass is 395 g/mol. The molecule has 28 heavy (non-hydrogen) atoms. The number of carboxylic acids is 1. The Morgan fingerprint density at radius 1 is 1.18 bits per heavy atom. The Morgan fingerprint density at radius 2 is 1.86 bits per heavy atom. The number of thiocarbonyl (C=S) groups is 1. The molecule has 0 saturated carbocycles. The third kappa shape index (κ3) is 3.81. The van der Waals surface area contributed by atoms with Crippen molar-refractivity contribution >= 4 is 52.7 Å². The first-order valence-electron chi connectivity index (χ1n) is 8.41. The Kier molecular flexibility index (Phi) is 5.32. The van der Waals surface area contributed by atoms with Gasteiger partial charge in [-0.05, 0) is 55.9 Å². The minimum absolute atomic E-state index is 0.00700. The van der Waals surface area contributed by atoms with E-state index in [0.29, 0.717) is 11.4 Å². The van der Waals surface area contributed by atoms with Crippen LogP contribution in [0.4, 0.5) is 11.4 Å². The topological polar surface area (TPSA) is 99.1 Å². The second kappa shape index (κ2) is 7.69. The second-order valence-corrected chi connectivity index (χ2v) is 6.75. The number of hydrogen-bond donors (Lipinski definition) is 2. The molecular weight excluding hydrogens is 378 g/mol. The molecule has 1 fully saturated rings. The summed E-state index contributed by atoms with van der Waals surface area (Å²) in [4.78, 5) is 41.8. The van der Waals surface area contributed by atoms with Gasteiger partial charge in [-0.3, -0.25) is 19.5 Å². The van der Waals surface area contributed by atoms with E-state index in [1.54, 1.807) is 25.1 Å². The molecule has 1 atom stereocenters. The van der Waals surface area contributed by atoms with Crippen LogP contribution < -0.4 is 10.2 Å². The van der Waals surface area contributed by atoms with Gasteiger partial charge >= 0.3 is 5.97 Å². The number of aliphatic imine (C=N–C) groups is 1. The lowest BCUT2D eigenvalue weighted by atomic mass is 10.1. The number of carbonyl (C=O) groups excluding carboxylic acids is 2. The fourth-order valence-corrected chi connectivity index (χ4v) is 2.99. The van der Waals surface area contributed by atoms with Crippen LogP contribution in [-0.2, 0) is 9.59 Å². The molecule has 0 unspecified atom stereocenters. The van der Waals surface area contributed by atoms with Crippen LogP contribution in [0.1, 0.15) is 21.5 Å². The average Bonchev–Trinajstić information content (AvgIpc) is 2.64. The molecule has 2 aromatic rings. The van der Waals surface area contributed by atoms with Gasteiger partial charge in [-0.1, -0.05) is 23.8 Å². The summed E-state index contributed by atoms with van der Waals surface area (Å²) in [5.74, 6) is -3.36. The largest absolute Gasteiger partial charge is 0.478 e. The van der Waals surface area contributed by atoms with Gasteiger partial charge in [0, 0.05) is 6.21 Å². The van der Waals surface area contributed by atoms with Gasteiger partial charge in [-0.15, -0.1) is 0 Å². The Labute approximate surface area is 166 Å². The number of anilines is 1. The Morgan fingerprint density at radius 3 is 2.50 bits per heavy atom. The maximum absolute atomic E-state index is 12.9. The SMILES string of the molecule is Cc1ccc(N2C(=O)[C@H](C=Nc3cc(C(=O)O)ccc3C)C(=O)NC2=S)cc1. The van der Waals surface area contributed by atoms with E-state index < -0.39 is 23.7 Å². The smallest absolute Gasteiger partial charge is 0.335 e. The molecule has 0 bridgehead atoms. The Balaban J connectivity index is 1.92. The van der Waals surface area contributed by atoms with Crippen molar-refractivity contribution in [1.82, 2.24) is 5.32 Å². The Bertz CT molecular complexity index is 1010. The van der Waals surface area contributed by atoms with E-state index in [-0.39, 0.29) is 10.7 Å². The fourth-order valence-electron chi connectivity index (χ4n) is 2.70. The normalized spacial score (nSPS) is 17.1. The van der Waals surface area contributed by atoms with Crippen molar-refractivity contribution in [3.8, 4) is 0 Å². The van der Waals surface area contributed by atoms with Crippen LogP contribution in [0.25, 0.3) is 0 Å². The lowest BCUT2D eigenvalue weighted by molar-refractivity contribution is -0.130. The summed E-state index contributed by atoms with van der Waals surface area (Å²) in [6, 6.07) is 11.6. The van der Waals surface area contributed by atoms with E-state index in [1.807, 2.05) is 19.1 Å². The highest BCUT2D eigenvalue weighted by molar-refractivity contribution is 7.80. The molecule has 1 aliphatic rings. The van der Waals surface area contributed by atoms with Crippen LogP contribution in [0.3, 0.4) is 0 Å². The molecule has 142 valence electrons. The zero-order chi connectivity index (χ0) is 20.4. The number of carboxylic acid groups (broad SMARTS) is 1. The van der Waals surface area contributed by atoms with Gasteiger partial charge in [-0.25, -0.2) is 4.79 Å². The number of aryl methyl sites for hydroxylation is 2. The van der Waals surface area contributed by atoms with Crippen LogP contribution in [-0.4, -0.2) is 34.2 Å². The van der Waals surface area contributed by atoms with Crippen molar-refractivity contribution < 1.29 is 19.5 Å². The summed E-state index contributed by atoms with van der Waals surface area (Å²) in [5.41, 5.74) is 2.73. The molecule has 1 aliphatic heterocycles. The number of nitrogens with zero attached hydrogens (tertiary/aromatic N) is 2.